The number of rotatable bonds is 0. The fraction of sp³-hybridized carbons (Fsp3) is 0.700. The number of phenols is 1. The smallest absolute Gasteiger partial charge is 0.115 e. The highest BCUT2D eigenvalue weighted by Gasteiger charge is 2.66. The van der Waals surface area contributed by atoms with Gasteiger partial charge in [-0.3, -0.25) is 0 Å². The molecular formula is C20H26O. The van der Waals surface area contributed by atoms with Crippen molar-refractivity contribution in [1.29, 1.82) is 0 Å². The second-order valence-corrected chi connectivity index (χ2v) is 8.57. The summed E-state index contributed by atoms with van der Waals surface area (Å²) in [5.41, 5.74) is 4.42. The first-order valence-corrected chi connectivity index (χ1v) is 8.95. The summed E-state index contributed by atoms with van der Waals surface area (Å²) in [7, 11) is 0. The monoisotopic (exact) mass is 282 g/mol. The van der Waals surface area contributed by atoms with Crippen molar-refractivity contribution < 1.29 is 5.11 Å². The molecule has 0 radical (unpaired) electrons. The standard InChI is InChI=1S/C20H26O/c1-19-8-6-16-15-5-3-14(21)12-13(15)2-4-17(16)18(19)7-9-20(19)10-11-20/h3,5,12,16-18,21H,2,4,6-11H2,1H3/t16?,17-,18+,19+/m1/s1. The minimum atomic E-state index is 0.450. The zero-order valence-corrected chi connectivity index (χ0v) is 13.1. The van der Waals surface area contributed by atoms with Crippen LogP contribution in [-0.2, 0) is 6.42 Å². The van der Waals surface area contributed by atoms with Crippen LogP contribution in [0.1, 0.15) is 68.9 Å². The molecular weight excluding hydrogens is 256 g/mol. The van der Waals surface area contributed by atoms with Crippen molar-refractivity contribution in [2.75, 3.05) is 0 Å². The summed E-state index contributed by atoms with van der Waals surface area (Å²) < 4.78 is 0. The SMILES string of the molecule is C[C@]12CCC3c4ccc(O)cc4CC[C@H]3[C@@H]1CCC21CC1. The van der Waals surface area contributed by atoms with Gasteiger partial charge in [0.1, 0.15) is 5.75 Å². The van der Waals surface area contributed by atoms with Gasteiger partial charge >= 0.3 is 0 Å². The summed E-state index contributed by atoms with van der Waals surface area (Å²) in [6, 6.07) is 6.16. The summed E-state index contributed by atoms with van der Waals surface area (Å²) in [5, 5.41) is 9.75. The van der Waals surface area contributed by atoms with Gasteiger partial charge in [0.05, 0.1) is 0 Å². The Morgan fingerprint density at radius 3 is 2.71 bits per heavy atom. The molecule has 1 nitrogen and oxygen atoms in total. The zero-order chi connectivity index (χ0) is 14.2. The van der Waals surface area contributed by atoms with Crippen LogP contribution in [0.4, 0.5) is 0 Å². The average molecular weight is 282 g/mol. The lowest BCUT2D eigenvalue weighted by Gasteiger charge is -2.51. The molecule has 1 unspecified atom stereocenters. The predicted molar refractivity (Wildman–Crippen MR) is 84.4 cm³/mol. The van der Waals surface area contributed by atoms with E-state index >= 15 is 0 Å². The Kier molecular flexibility index (Phi) is 2.31. The lowest BCUT2D eigenvalue weighted by atomic mass is 9.53. The van der Waals surface area contributed by atoms with Crippen molar-refractivity contribution in [2.45, 2.75) is 64.2 Å². The van der Waals surface area contributed by atoms with Crippen LogP contribution in [0.2, 0.25) is 0 Å². The Hall–Kier alpha value is -0.980. The van der Waals surface area contributed by atoms with Crippen LogP contribution in [-0.4, -0.2) is 5.11 Å². The molecule has 1 aromatic carbocycles. The van der Waals surface area contributed by atoms with E-state index in [-0.39, 0.29) is 0 Å². The van der Waals surface area contributed by atoms with E-state index < -0.39 is 0 Å². The minimum absolute atomic E-state index is 0.450. The molecule has 1 spiro atoms. The van der Waals surface area contributed by atoms with Crippen LogP contribution in [0.3, 0.4) is 0 Å². The summed E-state index contributed by atoms with van der Waals surface area (Å²) in [4.78, 5) is 0. The summed E-state index contributed by atoms with van der Waals surface area (Å²) in [6.07, 6.45) is 11.4. The lowest BCUT2D eigenvalue weighted by molar-refractivity contribution is 0.0187. The molecule has 4 atom stereocenters. The first-order chi connectivity index (χ1) is 10.1. The quantitative estimate of drug-likeness (QED) is 0.707. The van der Waals surface area contributed by atoms with Crippen LogP contribution in [0, 0.1) is 22.7 Å². The van der Waals surface area contributed by atoms with Crippen LogP contribution in [0.15, 0.2) is 18.2 Å². The van der Waals surface area contributed by atoms with Gasteiger partial charge in [0.25, 0.3) is 0 Å². The highest BCUT2D eigenvalue weighted by atomic mass is 16.3. The highest BCUT2D eigenvalue weighted by molar-refractivity contribution is 5.40. The molecule has 3 fully saturated rings. The average Bonchev–Trinajstić information content (AvgIpc) is 3.20. The number of aryl methyl sites for hydroxylation is 1. The Bertz CT molecular complexity index is 600. The second-order valence-electron chi connectivity index (χ2n) is 8.57. The fourth-order valence-corrected chi connectivity index (χ4v) is 6.77. The first-order valence-electron chi connectivity index (χ1n) is 8.95. The van der Waals surface area contributed by atoms with Crippen molar-refractivity contribution in [3.05, 3.63) is 29.3 Å². The molecule has 1 N–H and O–H groups in total. The van der Waals surface area contributed by atoms with Gasteiger partial charge in [-0.05, 0) is 103 Å². The Balaban J connectivity index is 1.54. The van der Waals surface area contributed by atoms with Crippen molar-refractivity contribution in [2.24, 2.45) is 22.7 Å². The maximum Gasteiger partial charge on any atom is 0.115 e. The molecule has 4 aliphatic rings. The highest BCUT2D eigenvalue weighted by Crippen LogP contribution is 2.75. The van der Waals surface area contributed by atoms with Gasteiger partial charge < -0.3 is 5.11 Å². The Labute approximate surface area is 127 Å². The fourth-order valence-electron chi connectivity index (χ4n) is 6.77. The van der Waals surface area contributed by atoms with Gasteiger partial charge in [-0.1, -0.05) is 13.0 Å². The van der Waals surface area contributed by atoms with Gasteiger partial charge in [-0.15, -0.1) is 0 Å². The van der Waals surface area contributed by atoms with Crippen LogP contribution in [0.5, 0.6) is 5.75 Å². The maximum atomic E-state index is 9.75. The van der Waals surface area contributed by atoms with Gasteiger partial charge in [0.2, 0.25) is 0 Å². The predicted octanol–water partition coefficient (Wildman–Crippen LogP) is 5.03. The summed E-state index contributed by atoms with van der Waals surface area (Å²) in [5.74, 6) is 3.12. The molecule has 0 saturated heterocycles. The van der Waals surface area contributed by atoms with E-state index in [0.29, 0.717) is 11.2 Å². The molecule has 3 saturated carbocycles. The number of hydrogen-bond donors (Lipinski definition) is 1. The van der Waals surface area contributed by atoms with Crippen molar-refractivity contribution in [3.8, 4) is 5.75 Å². The second kappa shape index (κ2) is 3.86. The van der Waals surface area contributed by atoms with E-state index in [4.69, 9.17) is 0 Å². The third kappa shape index (κ3) is 1.48. The van der Waals surface area contributed by atoms with E-state index in [1.807, 2.05) is 12.1 Å². The first kappa shape index (κ1) is 12.6. The largest absolute Gasteiger partial charge is 0.508 e. The maximum absolute atomic E-state index is 9.75. The van der Waals surface area contributed by atoms with E-state index in [1.54, 1.807) is 5.56 Å². The van der Waals surface area contributed by atoms with Gasteiger partial charge in [0, 0.05) is 0 Å². The van der Waals surface area contributed by atoms with Crippen molar-refractivity contribution >= 4 is 0 Å². The van der Waals surface area contributed by atoms with Crippen LogP contribution >= 0.6 is 0 Å². The summed E-state index contributed by atoms with van der Waals surface area (Å²) >= 11 is 0. The van der Waals surface area contributed by atoms with E-state index in [2.05, 4.69) is 13.0 Å². The topological polar surface area (TPSA) is 20.2 Å². The van der Waals surface area contributed by atoms with E-state index in [1.165, 1.54) is 56.9 Å². The molecule has 112 valence electrons. The number of benzene rings is 1. The van der Waals surface area contributed by atoms with Crippen molar-refractivity contribution in [3.63, 3.8) is 0 Å². The number of phenolic OH excluding ortho intramolecular Hbond substituents is 1. The molecule has 1 aromatic rings. The molecule has 0 heterocycles. The number of hydrogen-bond acceptors (Lipinski definition) is 1. The molecule has 0 aromatic heterocycles. The molecule has 1 heteroatoms. The lowest BCUT2D eigenvalue weighted by Crippen LogP contribution is -2.42. The molecule has 21 heavy (non-hydrogen) atoms. The van der Waals surface area contributed by atoms with E-state index in [0.717, 1.165) is 23.2 Å². The Morgan fingerprint density at radius 1 is 1.05 bits per heavy atom. The van der Waals surface area contributed by atoms with Crippen LogP contribution < -0.4 is 0 Å². The van der Waals surface area contributed by atoms with Gasteiger partial charge in [-0.2, -0.15) is 0 Å². The molecule has 0 amide bonds. The summed E-state index contributed by atoms with van der Waals surface area (Å²) in [6.45, 7) is 2.64. The minimum Gasteiger partial charge on any atom is -0.508 e. The number of aromatic hydroxyl groups is 1. The Morgan fingerprint density at radius 2 is 1.90 bits per heavy atom. The van der Waals surface area contributed by atoms with Gasteiger partial charge in [0.15, 0.2) is 0 Å². The number of fused-ring (bicyclic) bond motifs is 6. The van der Waals surface area contributed by atoms with Crippen molar-refractivity contribution in [1.82, 2.24) is 0 Å². The normalized spacial score (nSPS) is 42.2. The third-order valence-electron chi connectivity index (χ3n) is 8.10. The zero-order valence-electron chi connectivity index (χ0n) is 13.1. The van der Waals surface area contributed by atoms with Gasteiger partial charge in [-0.25, -0.2) is 0 Å². The van der Waals surface area contributed by atoms with Crippen LogP contribution in [0.25, 0.3) is 0 Å². The molecule has 0 bridgehead atoms. The van der Waals surface area contributed by atoms with E-state index in [9.17, 15) is 5.11 Å². The molecule has 4 aliphatic carbocycles. The molecule has 5 rings (SSSR count). The molecule has 0 aliphatic heterocycles. The third-order valence-corrected chi connectivity index (χ3v) is 8.10.